The maximum Gasteiger partial charge on any atom is 0.284 e. The van der Waals surface area contributed by atoms with E-state index in [0.717, 1.165) is 5.56 Å². The predicted molar refractivity (Wildman–Crippen MR) is 89.1 cm³/mol. The van der Waals surface area contributed by atoms with Crippen LogP contribution in [0.3, 0.4) is 0 Å². The maximum atomic E-state index is 12.6. The Morgan fingerprint density at radius 2 is 1.96 bits per heavy atom. The quantitative estimate of drug-likeness (QED) is 0.705. The first-order chi connectivity index (χ1) is 11.0. The van der Waals surface area contributed by atoms with E-state index < -0.39 is 10.0 Å². The van der Waals surface area contributed by atoms with Crippen LogP contribution in [0.5, 0.6) is 0 Å². The normalized spacial score (nSPS) is 11.3. The predicted octanol–water partition coefficient (Wildman–Crippen LogP) is 3.51. The molecular weight excluding hydrogens is 334 g/mol. The summed E-state index contributed by atoms with van der Waals surface area (Å²) >= 11 is 4.82. The second-order valence-electron chi connectivity index (χ2n) is 4.87. The Labute approximate surface area is 138 Å². The molecule has 0 bridgehead atoms. The van der Waals surface area contributed by atoms with E-state index in [1.807, 2.05) is 19.1 Å². The van der Waals surface area contributed by atoms with Gasteiger partial charge in [0, 0.05) is 5.56 Å². The van der Waals surface area contributed by atoms with Crippen LogP contribution in [0.4, 0.5) is 5.69 Å². The molecule has 0 atom stereocenters. The monoisotopic (exact) mass is 347 g/mol. The highest BCUT2D eigenvalue weighted by Gasteiger charge is 2.17. The lowest BCUT2D eigenvalue weighted by Gasteiger charge is -2.10. The molecular formula is C15H13N3O3S2. The SMILES string of the molecule is Cc1ccccc1NS(=O)(=O)c1cccc(-c2n[nH]c(=S)o2)c1. The van der Waals surface area contributed by atoms with Crippen LogP contribution in [0.25, 0.3) is 11.5 Å². The van der Waals surface area contributed by atoms with Crippen LogP contribution in [0.2, 0.25) is 0 Å². The first-order valence-corrected chi connectivity index (χ1v) is 8.59. The molecule has 2 aromatic carbocycles. The van der Waals surface area contributed by atoms with Crippen molar-refractivity contribution in [3.63, 3.8) is 0 Å². The number of aryl methyl sites for hydroxylation is 1. The van der Waals surface area contributed by atoms with Crippen molar-refractivity contribution >= 4 is 27.9 Å². The average Bonchev–Trinajstić information content (AvgIpc) is 2.96. The number of rotatable bonds is 4. The third kappa shape index (κ3) is 3.33. The fourth-order valence-corrected chi connectivity index (χ4v) is 3.34. The van der Waals surface area contributed by atoms with Gasteiger partial charge in [-0.1, -0.05) is 24.3 Å². The minimum atomic E-state index is -3.72. The molecule has 0 fully saturated rings. The Bertz CT molecular complexity index is 1010. The number of para-hydroxylation sites is 1. The molecule has 118 valence electrons. The van der Waals surface area contributed by atoms with Crippen LogP contribution in [-0.4, -0.2) is 18.6 Å². The van der Waals surface area contributed by atoms with Crippen LogP contribution in [0, 0.1) is 11.8 Å². The van der Waals surface area contributed by atoms with Gasteiger partial charge in [-0.05, 0) is 49.0 Å². The number of hydrogen-bond acceptors (Lipinski definition) is 5. The van der Waals surface area contributed by atoms with Crippen molar-refractivity contribution in [2.45, 2.75) is 11.8 Å². The highest BCUT2D eigenvalue weighted by Crippen LogP contribution is 2.23. The van der Waals surface area contributed by atoms with E-state index >= 15 is 0 Å². The Morgan fingerprint density at radius 1 is 1.17 bits per heavy atom. The molecule has 2 N–H and O–H groups in total. The van der Waals surface area contributed by atoms with Gasteiger partial charge in [-0.3, -0.25) is 4.72 Å². The standard InChI is InChI=1S/C15H13N3O3S2/c1-10-5-2-3-8-13(10)18-23(19,20)12-7-4-6-11(9-12)14-16-17-15(22)21-14/h2-9,18H,1H3,(H,17,22). The van der Waals surface area contributed by atoms with E-state index in [9.17, 15) is 8.42 Å². The van der Waals surface area contributed by atoms with Crippen molar-refractivity contribution in [2.24, 2.45) is 0 Å². The van der Waals surface area contributed by atoms with E-state index in [-0.39, 0.29) is 15.6 Å². The van der Waals surface area contributed by atoms with Crippen LogP contribution in [-0.2, 0) is 10.0 Å². The molecule has 1 aromatic heterocycles. The van der Waals surface area contributed by atoms with Crippen molar-refractivity contribution in [3.8, 4) is 11.5 Å². The van der Waals surface area contributed by atoms with Crippen LogP contribution in [0.1, 0.15) is 5.56 Å². The van der Waals surface area contributed by atoms with Crippen molar-refractivity contribution < 1.29 is 12.8 Å². The van der Waals surface area contributed by atoms with Crippen LogP contribution < -0.4 is 4.72 Å². The summed E-state index contributed by atoms with van der Waals surface area (Å²) in [6.07, 6.45) is 0. The summed E-state index contributed by atoms with van der Waals surface area (Å²) in [6.45, 7) is 1.84. The zero-order valence-corrected chi connectivity index (χ0v) is 13.7. The summed E-state index contributed by atoms with van der Waals surface area (Å²) in [4.78, 5) is 0.244. The number of benzene rings is 2. The lowest BCUT2D eigenvalue weighted by atomic mass is 10.2. The number of aromatic amines is 1. The minimum Gasteiger partial charge on any atom is -0.409 e. The summed E-state index contributed by atoms with van der Waals surface area (Å²) in [5.74, 6) is 0.239. The highest BCUT2D eigenvalue weighted by atomic mass is 32.2. The van der Waals surface area contributed by atoms with Crippen molar-refractivity contribution in [2.75, 3.05) is 4.72 Å². The Morgan fingerprint density at radius 3 is 2.65 bits per heavy atom. The minimum absolute atomic E-state index is 0.113. The zero-order valence-electron chi connectivity index (χ0n) is 12.1. The van der Waals surface area contributed by atoms with Gasteiger partial charge in [-0.15, -0.1) is 5.10 Å². The van der Waals surface area contributed by atoms with Gasteiger partial charge in [0.15, 0.2) is 0 Å². The van der Waals surface area contributed by atoms with Crippen molar-refractivity contribution in [1.29, 1.82) is 0 Å². The van der Waals surface area contributed by atoms with Gasteiger partial charge in [-0.2, -0.15) is 0 Å². The zero-order chi connectivity index (χ0) is 16.4. The van der Waals surface area contributed by atoms with Crippen LogP contribution >= 0.6 is 12.2 Å². The third-order valence-electron chi connectivity index (χ3n) is 3.22. The lowest BCUT2D eigenvalue weighted by molar-refractivity contribution is 0.552. The number of nitrogens with zero attached hydrogens (tertiary/aromatic N) is 1. The molecule has 0 unspecified atom stereocenters. The molecule has 0 aliphatic carbocycles. The third-order valence-corrected chi connectivity index (χ3v) is 4.76. The number of hydrogen-bond donors (Lipinski definition) is 2. The van der Waals surface area contributed by atoms with Gasteiger partial charge in [0.2, 0.25) is 5.89 Å². The van der Waals surface area contributed by atoms with E-state index in [0.29, 0.717) is 11.3 Å². The topological polar surface area (TPSA) is 88.0 Å². The summed E-state index contributed by atoms with van der Waals surface area (Å²) in [5, 5.41) is 6.40. The van der Waals surface area contributed by atoms with Gasteiger partial charge in [-0.25, -0.2) is 13.5 Å². The summed E-state index contributed by atoms with van der Waals surface area (Å²) in [6, 6.07) is 13.5. The first kappa shape index (κ1) is 15.4. The highest BCUT2D eigenvalue weighted by molar-refractivity contribution is 7.92. The van der Waals surface area contributed by atoms with E-state index in [1.54, 1.807) is 24.3 Å². The number of sulfonamides is 1. The molecule has 1 heterocycles. The van der Waals surface area contributed by atoms with Gasteiger partial charge < -0.3 is 4.42 Å². The maximum absolute atomic E-state index is 12.6. The smallest absolute Gasteiger partial charge is 0.284 e. The summed E-state index contributed by atoms with van der Waals surface area (Å²) < 4.78 is 32.9. The summed E-state index contributed by atoms with van der Waals surface area (Å²) in [5.41, 5.74) is 1.89. The molecule has 0 spiro atoms. The molecule has 3 aromatic rings. The molecule has 8 heteroatoms. The Hall–Kier alpha value is -2.45. The van der Waals surface area contributed by atoms with Crippen LogP contribution in [0.15, 0.2) is 57.8 Å². The fraction of sp³-hybridized carbons (Fsp3) is 0.0667. The molecule has 0 saturated heterocycles. The summed E-state index contributed by atoms with van der Waals surface area (Å²) in [7, 11) is -3.72. The Kier molecular flexibility index (Phi) is 4.01. The molecule has 6 nitrogen and oxygen atoms in total. The lowest BCUT2D eigenvalue weighted by Crippen LogP contribution is -2.13. The number of H-pyrrole nitrogens is 1. The molecule has 0 amide bonds. The molecule has 0 radical (unpaired) electrons. The largest absolute Gasteiger partial charge is 0.409 e. The molecule has 23 heavy (non-hydrogen) atoms. The molecule has 0 saturated carbocycles. The molecule has 3 rings (SSSR count). The first-order valence-electron chi connectivity index (χ1n) is 6.70. The van der Waals surface area contributed by atoms with Crippen molar-refractivity contribution in [3.05, 3.63) is 58.9 Å². The Balaban J connectivity index is 1.97. The average molecular weight is 347 g/mol. The number of anilines is 1. The van der Waals surface area contributed by atoms with Gasteiger partial charge in [0.1, 0.15) is 0 Å². The fourth-order valence-electron chi connectivity index (χ4n) is 2.04. The second-order valence-corrected chi connectivity index (χ2v) is 6.92. The van der Waals surface area contributed by atoms with E-state index in [4.69, 9.17) is 16.6 Å². The number of nitrogens with one attached hydrogen (secondary N) is 2. The van der Waals surface area contributed by atoms with E-state index in [2.05, 4.69) is 14.9 Å². The van der Waals surface area contributed by atoms with Gasteiger partial charge in [0.25, 0.3) is 14.9 Å². The molecule has 0 aliphatic rings. The molecule has 0 aliphatic heterocycles. The second kappa shape index (κ2) is 5.98. The van der Waals surface area contributed by atoms with Gasteiger partial charge in [0.05, 0.1) is 10.6 Å². The number of aromatic nitrogens is 2. The van der Waals surface area contributed by atoms with Gasteiger partial charge >= 0.3 is 0 Å². The van der Waals surface area contributed by atoms with E-state index in [1.165, 1.54) is 12.1 Å². The van der Waals surface area contributed by atoms with Crippen molar-refractivity contribution in [1.82, 2.24) is 10.2 Å².